The van der Waals surface area contributed by atoms with Gasteiger partial charge in [0.25, 0.3) is 0 Å². The summed E-state index contributed by atoms with van der Waals surface area (Å²) < 4.78 is 17.0. The van der Waals surface area contributed by atoms with Crippen LogP contribution in [0, 0.1) is 0 Å². The van der Waals surface area contributed by atoms with E-state index in [1.165, 1.54) is 0 Å². The molecule has 0 saturated heterocycles. The van der Waals surface area contributed by atoms with E-state index in [9.17, 15) is 0 Å². The van der Waals surface area contributed by atoms with Gasteiger partial charge >= 0.3 is 0 Å². The monoisotopic (exact) mass is 281 g/mol. The predicted octanol–water partition coefficient (Wildman–Crippen LogP) is 3.00. The molecule has 4 nitrogen and oxygen atoms in total. The Labute approximate surface area is 122 Å². The first-order valence-corrected chi connectivity index (χ1v) is 7.49. The van der Waals surface area contributed by atoms with Crippen LogP contribution in [0.15, 0.2) is 18.2 Å². The largest absolute Gasteiger partial charge is 0.490 e. The third-order valence-electron chi connectivity index (χ3n) is 2.75. The highest BCUT2D eigenvalue weighted by atomic mass is 16.5. The second-order valence-corrected chi connectivity index (χ2v) is 4.42. The van der Waals surface area contributed by atoms with Gasteiger partial charge in [-0.15, -0.1) is 0 Å². The highest BCUT2D eigenvalue weighted by molar-refractivity contribution is 5.46. The summed E-state index contributed by atoms with van der Waals surface area (Å²) in [4.78, 5) is 0. The molecule has 0 atom stereocenters. The Morgan fingerprint density at radius 3 is 2.55 bits per heavy atom. The molecule has 114 valence electrons. The molecule has 20 heavy (non-hydrogen) atoms. The maximum absolute atomic E-state index is 5.87. The Morgan fingerprint density at radius 1 is 1.00 bits per heavy atom. The molecule has 0 radical (unpaired) electrons. The highest BCUT2D eigenvalue weighted by Gasteiger charge is 2.10. The third-order valence-corrected chi connectivity index (χ3v) is 2.75. The number of rotatable bonds is 11. The second-order valence-electron chi connectivity index (χ2n) is 4.42. The summed E-state index contributed by atoms with van der Waals surface area (Å²) in [6.07, 6.45) is 1.03. The molecule has 0 aliphatic heterocycles. The molecule has 0 aliphatic rings. The van der Waals surface area contributed by atoms with E-state index in [0.717, 1.165) is 43.2 Å². The van der Waals surface area contributed by atoms with Crippen LogP contribution in [0.4, 0.5) is 0 Å². The van der Waals surface area contributed by atoms with Gasteiger partial charge in [0.2, 0.25) is 0 Å². The first-order chi connectivity index (χ1) is 9.83. The summed E-state index contributed by atoms with van der Waals surface area (Å²) in [5.41, 5.74) is 1.12. The van der Waals surface area contributed by atoms with E-state index >= 15 is 0 Å². The van der Waals surface area contributed by atoms with Crippen LogP contribution in [0.5, 0.6) is 11.5 Å². The van der Waals surface area contributed by atoms with Gasteiger partial charge in [0.1, 0.15) is 6.61 Å². The molecule has 1 N–H and O–H groups in total. The molecule has 0 fully saturated rings. The minimum atomic E-state index is 0.545. The van der Waals surface area contributed by atoms with Gasteiger partial charge in [-0.05, 0) is 26.0 Å². The quantitative estimate of drug-likeness (QED) is 0.633. The number of hydrogen-bond acceptors (Lipinski definition) is 4. The first kappa shape index (κ1) is 16.8. The van der Waals surface area contributed by atoms with Crippen molar-refractivity contribution in [3.05, 3.63) is 23.8 Å². The lowest BCUT2D eigenvalue weighted by Crippen LogP contribution is -2.15. The van der Waals surface area contributed by atoms with Crippen molar-refractivity contribution in [2.75, 3.05) is 33.0 Å². The summed E-state index contributed by atoms with van der Waals surface area (Å²) in [7, 11) is 0. The van der Waals surface area contributed by atoms with Crippen LogP contribution >= 0.6 is 0 Å². The van der Waals surface area contributed by atoms with Crippen molar-refractivity contribution in [1.82, 2.24) is 5.32 Å². The van der Waals surface area contributed by atoms with E-state index in [1.807, 2.05) is 19.1 Å². The summed E-state index contributed by atoms with van der Waals surface area (Å²) in [6, 6.07) is 6.01. The molecule has 0 aliphatic carbocycles. The third kappa shape index (κ3) is 5.80. The fourth-order valence-corrected chi connectivity index (χ4v) is 1.84. The normalized spacial score (nSPS) is 10.6. The molecule has 0 aromatic heterocycles. The van der Waals surface area contributed by atoms with Crippen LogP contribution in [-0.4, -0.2) is 33.0 Å². The topological polar surface area (TPSA) is 39.7 Å². The highest BCUT2D eigenvalue weighted by Crippen LogP contribution is 2.31. The lowest BCUT2D eigenvalue weighted by molar-refractivity contribution is 0.0988. The van der Waals surface area contributed by atoms with Crippen LogP contribution < -0.4 is 14.8 Å². The van der Waals surface area contributed by atoms with E-state index in [2.05, 4.69) is 25.2 Å². The summed E-state index contributed by atoms with van der Waals surface area (Å²) >= 11 is 0. The lowest BCUT2D eigenvalue weighted by Gasteiger charge is -2.16. The van der Waals surface area contributed by atoms with E-state index in [0.29, 0.717) is 19.8 Å². The lowest BCUT2D eigenvalue weighted by atomic mass is 10.2. The Hall–Kier alpha value is -1.26. The number of hydrogen-bond donors (Lipinski definition) is 1. The zero-order valence-corrected chi connectivity index (χ0v) is 12.9. The Balaban J connectivity index is 2.66. The zero-order chi connectivity index (χ0) is 14.6. The number of benzene rings is 1. The zero-order valence-electron chi connectivity index (χ0n) is 12.9. The predicted molar refractivity (Wildman–Crippen MR) is 81.6 cm³/mol. The first-order valence-electron chi connectivity index (χ1n) is 7.49. The molecule has 4 heteroatoms. The molecule has 1 aromatic carbocycles. The van der Waals surface area contributed by atoms with E-state index in [1.54, 1.807) is 0 Å². The molecule has 0 spiro atoms. The minimum absolute atomic E-state index is 0.545. The maximum atomic E-state index is 5.87. The fourth-order valence-electron chi connectivity index (χ4n) is 1.84. The number of ether oxygens (including phenoxy) is 3. The van der Waals surface area contributed by atoms with E-state index < -0.39 is 0 Å². The molecule has 0 saturated carbocycles. The van der Waals surface area contributed by atoms with Gasteiger partial charge in [-0.2, -0.15) is 0 Å². The SMILES string of the molecule is CCCOCCOc1c(CNCC)cccc1OCC. The van der Waals surface area contributed by atoms with Gasteiger partial charge in [-0.25, -0.2) is 0 Å². The smallest absolute Gasteiger partial charge is 0.165 e. The van der Waals surface area contributed by atoms with Crippen molar-refractivity contribution in [2.24, 2.45) is 0 Å². The minimum Gasteiger partial charge on any atom is -0.490 e. The molecular weight excluding hydrogens is 254 g/mol. The van der Waals surface area contributed by atoms with Gasteiger partial charge in [0.15, 0.2) is 11.5 Å². The summed E-state index contributed by atoms with van der Waals surface area (Å²) in [6.45, 7) is 10.4. The number of nitrogens with one attached hydrogen (secondary N) is 1. The average Bonchev–Trinajstić information content (AvgIpc) is 2.47. The van der Waals surface area contributed by atoms with Gasteiger partial charge in [0.05, 0.1) is 13.2 Å². The van der Waals surface area contributed by atoms with Crippen LogP contribution in [0.3, 0.4) is 0 Å². The van der Waals surface area contributed by atoms with Crippen LogP contribution in [0.1, 0.15) is 32.8 Å². The van der Waals surface area contributed by atoms with Crippen molar-refractivity contribution in [2.45, 2.75) is 33.7 Å². The molecule has 0 heterocycles. The number of para-hydroxylation sites is 1. The standard InChI is InChI=1S/C16H27NO3/c1-4-10-18-11-12-20-16-14(13-17-5-2)8-7-9-15(16)19-6-3/h7-9,17H,4-6,10-13H2,1-3H3. The van der Waals surface area contributed by atoms with Crippen molar-refractivity contribution in [3.63, 3.8) is 0 Å². The van der Waals surface area contributed by atoms with Gasteiger partial charge in [-0.1, -0.05) is 26.0 Å². The summed E-state index contributed by atoms with van der Waals surface area (Å²) in [5.74, 6) is 1.63. The van der Waals surface area contributed by atoms with Gasteiger partial charge in [-0.3, -0.25) is 0 Å². The molecule has 0 unspecified atom stereocenters. The Morgan fingerprint density at radius 2 is 1.85 bits per heavy atom. The van der Waals surface area contributed by atoms with Crippen molar-refractivity contribution in [3.8, 4) is 11.5 Å². The maximum Gasteiger partial charge on any atom is 0.165 e. The van der Waals surface area contributed by atoms with Crippen molar-refractivity contribution >= 4 is 0 Å². The van der Waals surface area contributed by atoms with E-state index in [4.69, 9.17) is 14.2 Å². The molecule has 1 rings (SSSR count). The molecule has 0 amide bonds. The van der Waals surface area contributed by atoms with Crippen molar-refractivity contribution in [1.29, 1.82) is 0 Å². The van der Waals surface area contributed by atoms with Gasteiger partial charge in [0, 0.05) is 18.7 Å². The van der Waals surface area contributed by atoms with Crippen LogP contribution in [0.2, 0.25) is 0 Å². The molecule has 0 bridgehead atoms. The molecular formula is C16H27NO3. The van der Waals surface area contributed by atoms with Crippen molar-refractivity contribution < 1.29 is 14.2 Å². The summed E-state index contributed by atoms with van der Waals surface area (Å²) in [5, 5.41) is 3.32. The second kappa shape index (κ2) is 10.5. The van der Waals surface area contributed by atoms with Gasteiger partial charge < -0.3 is 19.5 Å². The van der Waals surface area contributed by atoms with Crippen LogP contribution in [-0.2, 0) is 11.3 Å². The van der Waals surface area contributed by atoms with Crippen LogP contribution in [0.25, 0.3) is 0 Å². The Kier molecular flexibility index (Phi) is 8.83. The average molecular weight is 281 g/mol. The Bertz CT molecular complexity index is 369. The molecule has 1 aromatic rings. The van der Waals surface area contributed by atoms with E-state index in [-0.39, 0.29) is 0 Å². The fraction of sp³-hybridized carbons (Fsp3) is 0.625.